The zero-order chi connectivity index (χ0) is 21.5. The number of nitrogens with zero attached hydrogens (tertiary/aromatic N) is 1. The summed E-state index contributed by atoms with van der Waals surface area (Å²) in [6.07, 6.45) is 9.55. The molecule has 0 radical (unpaired) electrons. The van der Waals surface area contributed by atoms with Gasteiger partial charge < -0.3 is 9.47 Å². The van der Waals surface area contributed by atoms with Crippen LogP contribution in [0.5, 0.6) is 0 Å². The summed E-state index contributed by atoms with van der Waals surface area (Å²) in [4.78, 5) is 2.55. The Kier molecular flexibility index (Phi) is 8.60. The fourth-order valence-electron chi connectivity index (χ4n) is 4.82. The van der Waals surface area contributed by atoms with Gasteiger partial charge in [0.15, 0.2) is 0 Å². The first-order valence-corrected chi connectivity index (χ1v) is 12.7. The van der Waals surface area contributed by atoms with Crippen molar-refractivity contribution < 1.29 is 9.47 Å². The lowest BCUT2D eigenvalue weighted by Crippen LogP contribution is -2.32. The average molecular weight is 486 g/mol. The molecule has 1 saturated heterocycles. The Bertz CT molecular complexity index is 828. The zero-order valence-corrected chi connectivity index (χ0v) is 20.4. The Morgan fingerprint density at radius 1 is 0.935 bits per heavy atom. The normalized spacial score (nSPS) is 19.9. The molecule has 1 saturated carbocycles. The molecule has 2 aromatic rings. The highest BCUT2D eigenvalue weighted by Gasteiger charge is 2.21. The van der Waals surface area contributed by atoms with Crippen LogP contribution in [0.4, 0.5) is 0 Å². The van der Waals surface area contributed by atoms with E-state index in [2.05, 4.69) is 70.2 Å². The van der Waals surface area contributed by atoms with Crippen LogP contribution in [0.2, 0.25) is 0 Å². The van der Waals surface area contributed by atoms with Crippen LogP contribution < -0.4 is 0 Å². The zero-order valence-electron chi connectivity index (χ0n) is 18.8. The molecule has 1 atom stereocenters. The largest absolute Gasteiger partial charge is 0.377 e. The van der Waals surface area contributed by atoms with Crippen LogP contribution in [0, 0.1) is 6.92 Å². The third kappa shape index (κ3) is 6.89. The summed E-state index contributed by atoms with van der Waals surface area (Å²) in [5, 5.41) is 0. The van der Waals surface area contributed by atoms with Crippen molar-refractivity contribution >= 4 is 15.9 Å². The fourth-order valence-corrected chi connectivity index (χ4v) is 5.43. The smallest absolute Gasteiger partial charge is 0.0723 e. The summed E-state index contributed by atoms with van der Waals surface area (Å²) < 4.78 is 13.5. The molecule has 0 aromatic heterocycles. The van der Waals surface area contributed by atoms with E-state index < -0.39 is 0 Å². The predicted molar refractivity (Wildman–Crippen MR) is 130 cm³/mol. The van der Waals surface area contributed by atoms with Gasteiger partial charge in [-0.2, -0.15) is 0 Å². The van der Waals surface area contributed by atoms with Gasteiger partial charge in [0.25, 0.3) is 0 Å². The molecule has 0 amide bonds. The van der Waals surface area contributed by atoms with Gasteiger partial charge in [-0.05, 0) is 60.9 Å². The van der Waals surface area contributed by atoms with Crippen molar-refractivity contribution in [3.8, 4) is 0 Å². The highest BCUT2D eigenvalue weighted by molar-refractivity contribution is 9.10. The van der Waals surface area contributed by atoms with E-state index in [1.165, 1.54) is 65.3 Å². The Labute approximate surface area is 196 Å². The summed E-state index contributed by atoms with van der Waals surface area (Å²) in [5.74, 6) is 0. The lowest BCUT2D eigenvalue weighted by Gasteiger charge is -2.27. The molecule has 2 fully saturated rings. The topological polar surface area (TPSA) is 21.7 Å². The lowest BCUT2D eigenvalue weighted by molar-refractivity contribution is 0.0161. The van der Waals surface area contributed by atoms with E-state index in [1.807, 2.05) is 0 Å². The molecule has 1 unspecified atom stereocenters. The van der Waals surface area contributed by atoms with E-state index in [9.17, 15) is 0 Å². The Balaban J connectivity index is 1.46. The fraction of sp³-hybridized carbons (Fsp3) is 0.556. The van der Waals surface area contributed by atoms with E-state index in [0.29, 0.717) is 12.2 Å². The van der Waals surface area contributed by atoms with Gasteiger partial charge in [0.1, 0.15) is 0 Å². The number of benzene rings is 2. The maximum absolute atomic E-state index is 6.32. The SMILES string of the molecule is Cc1ccc(CN(Cc2ccccc2COC2CCCCC2)CC2CCCO2)c(Br)c1. The Morgan fingerprint density at radius 2 is 1.71 bits per heavy atom. The standard InChI is InChI=1S/C27H36BrNO2/c1-21-13-14-23(27(28)16-21)18-29(19-26-12-7-15-30-26)17-22-8-5-6-9-24(22)20-31-25-10-3-2-4-11-25/h5-6,8-9,13-14,16,25-26H,2-4,7,10-12,15,17-20H2,1H3. The van der Waals surface area contributed by atoms with Gasteiger partial charge in [0.2, 0.25) is 0 Å². The second kappa shape index (κ2) is 11.6. The summed E-state index contributed by atoms with van der Waals surface area (Å²) in [6, 6.07) is 15.5. The summed E-state index contributed by atoms with van der Waals surface area (Å²) in [5.41, 5.74) is 5.32. The van der Waals surface area contributed by atoms with Crippen LogP contribution in [-0.2, 0) is 29.2 Å². The van der Waals surface area contributed by atoms with Gasteiger partial charge in [0.05, 0.1) is 18.8 Å². The highest BCUT2D eigenvalue weighted by Crippen LogP contribution is 2.25. The van der Waals surface area contributed by atoms with Gasteiger partial charge in [0, 0.05) is 30.7 Å². The number of hydrogen-bond donors (Lipinski definition) is 0. The molecule has 0 N–H and O–H groups in total. The summed E-state index contributed by atoms with van der Waals surface area (Å²) in [6.45, 7) is 6.57. The molecule has 3 nitrogen and oxygen atoms in total. The van der Waals surface area contributed by atoms with Crippen molar-refractivity contribution in [3.05, 3.63) is 69.2 Å². The minimum absolute atomic E-state index is 0.342. The van der Waals surface area contributed by atoms with E-state index >= 15 is 0 Å². The van der Waals surface area contributed by atoms with E-state index in [0.717, 1.165) is 39.3 Å². The second-order valence-corrected chi connectivity index (χ2v) is 10.1. The number of halogens is 1. The van der Waals surface area contributed by atoms with Crippen LogP contribution in [0.15, 0.2) is 46.9 Å². The van der Waals surface area contributed by atoms with Crippen molar-refractivity contribution in [2.45, 2.75) is 83.8 Å². The summed E-state index contributed by atoms with van der Waals surface area (Å²) in [7, 11) is 0. The monoisotopic (exact) mass is 485 g/mol. The van der Waals surface area contributed by atoms with E-state index in [4.69, 9.17) is 9.47 Å². The van der Waals surface area contributed by atoms with Gasteiger partial charge in [-0.25, -0.2) is 0 Å². The van der Waals surface area contributed by atoms with E-state index in [-0.39, 0.29) is 0 Å². The number of ether oxygens (including phenoxy) is 2. The van der Waals surface area contributed by atoms with Crippen LogP contribution in [0.1, 0.15) is 67.2 Å². The van der Waals surface area contributed by atoms with Gasteiger partial charge in [-0.3, -0.25) is 4.90 Å². The minimum Gasteiger partial charge on any atom is -0.377 e. The van der Waals surface area contributed by atoms with Crippen molar-refractivity contribution in [1.82, 2.24) is 4.90 Å². The third-order valence-electron chi connectivity index (χ3n) is 6.63. The van der Waals surface area contributed by atoms with E-state index in [1.54, 1.807) is 0 Å². The van der Waals surface area contributed by atoms with Crippen molar-refractivity contribution in [3.63, 3.8) is 0 Å². The van der Waals surface area contributed by atoms with Gasteiger partial charge >= 0.3 is 0 Å². The maximum atomic E-state index is 6.32. The van der Waals surface area contributed by atoms with Crippen LogP contribution in [0.25, 0.3) is 0 Å². The molecule has 4 rings (SSSR count). The first kappa shape index (κ1) is 23.0. The molecule has 31 heavy (non-hydrogen) atoms. The molecular formula is C27H36BrNO2. The van der Waals surface area contributed by atoms with Crippen molar-refractivity contribution in [1.29, 1.82) is 0 Å². The highest BCUT2D eigenvalue weighted by atomic mass is 79.9. The van der Waals surface area contributed by atoms with Gasteiger partial charge in [-0.1, -0.05) is 71.6 Å². The van der Waals surface area contributed by atoms with Gasteiger partial charge in [-0.15, -0.1) is 0 Å². The first-order valence-electron chi connectivity index (χ1n) is 11.9. The molecule has 2 aliphatic rings. The van der Waals surface area contributed by atoms with Crippen molar-refractivity contribution in [2.24, 2.45) is 0 Å². The third-order valence-corrected chi connectivity index (χ3v) is 7.37. The molecule has 1 aliphatic carbocycles. The van der Waals surface area contributed by atoms with Crippen LogP contribution >= 0.6 is 15.9 Å². The quantitative estimate of drug-likeness (QED) is 0.390. The Morgan fingerprint density at radius 3 is 2.45 bits per heavy atom. The average Bonchev–Trinajstić information content (AvgIpc) is 3.29. The second-order valence-electron chi connectivity index (χ2n) is 9.24. The molecule has 0 bridgehead atoms. The molecule has 4 heteroatoms. The Hall–Kier alpha value is -1.20. The molecule has 2 aromatic carbocycles. The number of rotatable bonds is 9. The molecule has 1 aliphatic heterocycles. The van der Waals surface area contributed by atoms with Crippen LogP contribution in [0.3, 0.4) is 0 Å². The number of aryl methyl sites for hydroxylation is 1. The van der Waals surface area contributed by atoms with Crippen molar-refractivity contribution in [2.75, 3.05) is 13.2 Å². The summed E-state index contributed by atoms with van der Waals surface area (Å²) >= 11 is 3.78. The molecule has 168 valence electrons. The lowest BCUT2D eigenvalue weighted by atomic mass is 9.97. The molecule has 1 heterocycles. The maximum Gasteiger partial charge on any atom is 0.0723 e. The predicted octanol–water partition coefficient (Wildman–Crippen LogP) is 6.79. The minimum atomic E-state index is 0.342. The first-order chi connectivity index (χ1) is 15.2. The number of hydrogen-bond acceptors (Lipinski definition) is 3. The molecule has 0 spiro atoms. The van der Waals surface area contributed by atoms with Crippen LogP contribution in [-0.4, -0.2) is 30.3 Å². The molecular weight excluding hydrogens is 450 g/mol.